The molecule has 0 aliphatic rings. The number of carbonyl (C=O) groups is 1. The van der Waals surface area contributed by atoms with E-state index in [4.69, 9.17) is 11.6 Å². The number of nitrogens with zero attached hydrogens (tertiary/aromatic N) is 4. The zero-order chi connectivity index (χ0) is 11.7. The van der Waals surface area contributed by atoms with Gasteiger partial charge in [0.15, 0.2) is 0 Å². The first-order valence-electron chi connectivity index (χ1n) is 4.66. The molecule has 0 atom stereocenters. The van der Waals surface area contributed by atoms with Crippen LogP contribution in [0.1, 0.15) is 35.3 Å². The lowest BCUT2D eigenvalue weighted by Gasteiger charge is -2.09. The van der Waals surface area contributed by atoms with Crippen LogP contribution in [-0.4, -0.2) is 25.2 Å². The van der Waals surface area contributed by atoms with Crippen molar-refractivity contribution in [3.05, 3.63) is 28.0 Å². The van der Waals surface area contributed by atoms with Gasteiger partial charge in [-0.1, -0.05) is 16.1 Å². The Kier molecular flexibility index (Phi) is 3.02. The maximum absolute atomic E-state index is 12.1. The SMILES string of the molecule is CC(C)n1ncc(Cl)c1C(=O)c1cnns1. The van der Waals surface area contributed by atoms with Crippen LogP contribution in [0.4, 0.5) is 0 Å². The third kappa shape index (κ3) is 1.85. The fraction of sp³-hybridized carbons (Fsp3) is 0.333. The molecule has 16 heavy (non-hydrogen) atoms. The van der Waals surface area contributed by atoms with Gasteiger partial charge in [-0.25, -0.2) is 0 Å². The molecular formula is C9H9ClN4OS. The molecule has 0 bridgehead atoms. The van der Waals surface area contributed by atoms with Crippen LogP contribution >= 0.6 is 23.1 Å². The first-order valence-corrected chi connectivity index (χ1v) is 5.81. The van der Waals surface area contributed by atoms with Gasteiger partial charge < -0.3 is 0 Å². The van der Waals surface area contributed by atoms with Crippen LogP contribution in [0, 0.1) is 0 Å². The lowest BCUT2D eigenvalue weighted by molar-refractivity contribution is 0.103. The second-order valence-corrected chi connectivity index (χ2v) is 4.68. The van der Waals surface area contributed by atoms with Crippen LogP contribution in [0.2, 0.25) is 5.02 Å². The van der Waals surface area contributed by atoms with Gasteiger partial charge in [-0.15, -0.1) is 5.10 Å². The largest absolute Gasteiger partial charge is 0.286 e. The Labute approximate surface area is 101 Å². The summed E-state index contributed by atoms with van der Waals surface area (Å²) < 4.78 is 5.26. The van der Waals surface area contributed by atoms with Crippen molar-refractivity contribution < 1.29 is 4.79 Å². The smallest absolute Gasteiger partial charge is 0.225 e. The van der Waals surface area contributed by atoms with E-state index < -0.39 is 0 Å². The van der Waals surface area contributed by atoms with E-state index in [1.165, 1.54) is 12.4 Å². The number of hydrogen-bond acceptors (Lipinski definition) is 5. The maximum Gasteiger partial charge on any atom is 0.225 e. The fourth-order valence-corrected chi connectivity index (χ4v) is 2.00. The highest BCUT2D eigenvalue weighted by Gasteiger charge is 2.21. The minimum Gasteiger partial charge on any atom is -0.286 e. The molecular weight excluding hydrogens is 248 g/mol. The van der Waals surface area contributed by atoms with E-state index in [0.717, 1.165) is 11.5 Å². The van der Waals surface area contributed by atoms with E-state index >= 15 is 0 Å². The molecule has 5 nitrogen and oxygen atoms in total. The molecule has 0 unspecified atom stereocenters. The van der Waals surface area contributed by atoms with Gasteiger partial charge in [-0.2, -0.15) is 5.10 Å². The van der Waals surface area contributed by atoms with Crippen LogP contribution in [-0.2, 0) is 0 Å². The van der Waals surface area contributed by atoms with Crippen molar-refractivity contribution in [3.8, 4) is 0 Å². The van der Waals surface area contributed by atoms with Gasteiger partial charge in [0.25, 0.3) is 0 Å². The summed E-state index contributed by atoms with van der Waals surface area (Å²) >= 11 is 7.01. The molecule has 0 aromatic carbocycles. The summed E-state index contributed by atoms with van der Waals surface area (Å²) in [6.07, 6.45) is 2.91. The normalized spacial score (nSPS) is 11.0. The van der Waals surface area contributed by atoms with Gasteiger partial charge in [0.2, 0.25) is 5.78 Å². The zero-order valence-electron chi connectivity index (χ0n) is 8.72. The summed E-state index contributed by atoms with van der Waals surface area (Å²) in [7, 11) is 0. The van der Waals surface area contributed by atoms with Gasteiger partial charge in [-0.3, -0.25) is 9.48 Å². The summed E-state index contributed by atoms with van der Waals surface area (Å²) in [6.45, 7) is 3.87. The second kappa shape index (κ2) is 4.31. The van der Waals surface area contributed by atoms with E-state index in [-0.39, 0.29) is 11.8 Å². The average molecular weight is 257 g/mol. The first-order chi connectivity index (χ1) is 7.61. The lowest BCUT2D eigenvalue weighted by Crippen LogP contribution is -2.13. The van der Waals surface area contributed by atoms with Gasteiger partial charge in [0.1, 0.15) is 10.6 Å². The Hall–Kier alpha value is -1.27. The highest BCUT2D eigenvalue weighted by molar-refractivity contribution is 7.08. The molecule has 0 aliphatic heterocycles. The number of ketones is 1. The van der Waals surface area contributed by atoms with E-state index in [0.29, 0.717) is 15.6 Å². The number of carbonyl (C=O) groups excluding carboxylic acids is 1. The summed E-state index contributed by atoms with van der Waals surface area (Å²) in [4.78, 5) is 12.6. The van der Waals surface area contributed by atoms with E-state index in [1.807, 2.05) is 13.8 Å². The maximum atomic E-state index is 12.1. The highest BCUT2D eigenvalue weighted by atomic mass is 35.5. The molecule has 2 rings (SSSR count). The van der Waals surface area contributed by atoms with Crippen LogP contribution in [0.25, 0.3) is 0 Å². The molecule has 0 saturated heterocycles. The fourth-order valence-electron chi connectivity index (χ4n) is 1.33. The standard InChI is InChI=1S/C9H9ClN4OS/c1-5(2)14-8(6(10)3-12-14)9(15)7-4-11-13-16-7/h3-5H,1-2H3. The quantitative estimate of drug-likeness (QED) is 0.790. The third-order valence-corrected chi connectivity index (χ3v) is 2.98. The first kappa shape index (κ1) is 11.2. The molecule has 0 saturated carbocycles. The van der Waals surface area contributed by atoms with Crippen molar-refractivity contribution >= 4 is 28.9 Å². The molecule has 84 valence electrons. The lowest BCUT2D eigenvalue weighted by atomic mass is 10.2. The van der Waals surface area contributed by atoms with Crippen LogP contribution in [0.3, 0.4) is 0 Å². The van der Waals surface area contributed by atoms with Crippen LogP contribution in [0.5, 0.6) is 0 Å². The molecule has 0 fully saturated rings. The van der Waals surface area contributed by atoms with Gasteiger partial charge in [-0.05, 0) is 25.4 Å². The summed E-state index contributed by atoms with van der Waals surface area (Å²) in [5.41, 5.74) is 0.391. The molecule has 0 amide bonds. The summed E-state index contributed by atoms with van der Waals surface area (Å²) in [6, 6.07) is 0.0762. The van der Waals surface area contributed by atoms with E-state index in [2.05, 4.69) is 14.7 Å². The predicted octanol–water partition coefficient (Wildman–Crippen LogP) is 2.20. The van der Waals surface area contributed by atoms with Crippen molar-refractivity contribution in [2.75, 3.05) is 0 Å². The Balaban J connectivity index is 2.48. The molecule has 0 radical (unpaired) electrons. The van der Waals surface area contributed by atoms with Crippen molar-refractivity contribution in [1.29, 1.82) is 0 Å². The third-order valence-electron chi connectivity index (χ3n) is 2.04. The molecule has 0 N–H and O–H groups in total. The van der Waals surface area contributed by atoms with Crippen LogP contribution < -0.4 is 0 Å². The molecule has 2 aromatic rings. The average Bonchev–Trinajstić information content (AvgIpc) is 2.84. The minimum absolute atomic E-state index is 0.0762. The Bertz CT molecular complexity index is 506. The second-order valence-electron chi connectivity index (χ2n) is 3.49. The van der Waals surface area contributed by atoms with Crippen molar-refractivity contribution in [2.45, 2.75) is 19.9 Å². The Morgan fingerprint density at radius 2 is 2.25 bits per heavy atom. The van der Waals surface area contributed by atoms with Gasteiger partial charge in [0, 0.05) is 6.04 Å². The summed E-state index contributed by atoms with van der Waals surface area (Å²) in [5.74, 6) is -0.189. The summed E-state index contributed by atoms with van der Waals surface area (Å²) in [5, 5.41) is 8.06. The number of hydrogen-bond donors (Lipinski definition) is 0. The van der Waals surface area contributed by atoms with Crippen LogP contribution in [0.15, 0.2) is 12.4 Å². The number of aromatic nitrogens is 4. The number of rotatable bonds is 3. The number of halogens is 1. The van der Waals surface area contributed by atoms with Crippen molar-refractivity contribution in [1.82, 2.24) is 19.4 Å². The molecule has 2 aromatic heterocycles. The van der Waals surface area contributed by atoms with E-state index in [9.17, 15) is 4.79 Å². The highest BCUT2D eigenvalue weighted by Crippen LogP contribution is 2.22. The van der Waals surface area contributed by atoms with Gasteiger partial charge >= 0.3 is 0 Å². The van der Waals surface area contributed by atoms with Crippen molar-refractivity contribution in [2.24, 2.45) is 0 Å². The van der Waals surface area contributed by atoms with Crippen molar-refractivity contribution in [3.63, 3.8) is 0 Å². The Morgan fingerprint density at radius 1 is 1.50 bits per heavy atom. The predicted molar refractivity (Wildman–Crippen MR) is 61.0 cm³/mol. The molecule has 0 spiro atoms. The van der Waals surface area contributed by atoms with E-state index in [1.54, 1.807) is 4.68 Å². The Morgan fingerprint density at radius 3 is 2.81 bits per heavy atom. The topological polar surface area (TPSA) is 60.7 Å². The molecule has 7 heteroatoms. The molecule has 0 aliphatic carbocycles. The monoisotopic (exact) mass is 256 g/mol. The minimum atomic E-state index is -0.189. The molecule has 2 heterocycles. The zero-order valence-corrected chi connectivity index (χ0v) is 10.3. The van der Waals surface area contributed by atoms with Gasteiger partial charge in [0.05, 0.1) is 17.4 Å².